The van der Waals surface area contributed by atoms with Gasteiger partial charge in [-0.1, -0.05) is 0 Å². The van der Waals surface area contributed by atoms with E-state index < -0.39 is 0 Å². The van der Waals surface area contributed by atoms with Crippen LogP contribution in [0.25, 0.3) is 0 Å². The van der Waals surface area contributed by atoms with Gasteiger partial charge in [-0.2, -0.15) is 4.98 Å². The van der Waals surface area contributed by atoms with E-state index in [2.05, 4.69) is 10.3 Å². The number of ether oxygens (including phenoxy) is 1. The number of methoxy groups -OCH3 is 1. The van der Waals surface area contributed by atoms with Gasteiger partial charge < -0.3 is 14.1 Å². The summed E-state index contributed by atoms with van der Waals surface area (Å²) in [4.78, 5) is 41.1. The van der Waals surface area contributed by atoms with Crippen LogP contribution in [-0.4, -0.2) is 47.9 Å². The second kappa shape index (κ2) is 6.39. The smallest absolute Gasteiger partial charge is 0.308 e. The lowest BCUT2D eigenvalue weighted by Crippen LogP contribution is -2.40. The van der Waals surface area contributed by atoms with Crippen molar-refractivity contribution >= 4 is 23.8 Å². The topological polar surface area (TPSA) is 102 Å². The summed E-state index contributed by atoms with van der Waals surface area (Å²) in [5, 5.41) is 2.56. The summed E-state index contributed by atoms with van der Waals surface area (Å²) in [6, 6.07) is 0.0506. The monoisotopic (exact) mass is 321 g/mol. The summed E-state index contributed by atoms with van der Waals surface area (Å²) in [5.41, 5.74) is 0.160. The van der Waals surface area contributed by atoms with Gasteiger partial charge in [-0.05, 0) is 25.7 Å². The SMILES string of the molecule is COC(=O)C1CCN(C(=O)c2coc(NC(=O)C3CC3)n2)CC1. The Labute approximate surface area is 133 Å². The first-order valence-electron chi connectivity index (χ1n) is 7.72. The van der Waals surface area contributed by atoms with Gasteiger partial charge >= 0.3 is 12.0 Å². The average Bonchev–Trinajstić information content (AvgIpc) is 3.34. The van der Waals surface area contributed by atoms with E-state index in [4.69, 9.17) is 9.15 Å². The number of nitrogens with zero attached hydrogens (tertiary/aromatic N) is 2. The maximum Gasteiger partial charge on any atom is 0.308 e. The molecule has 23 heavy (non-hydrogen) atoms. The van der Waals surface area contributed by atoms with Crippen molar-refractivity contribution < 1.29 is 23.5 Å². The number of likely N-dealkylation sites (tertiary alicyclic amines) is 1. The molecule has 124 valence electrons. The van der Waals surface area contributed by atoms with Crippen LogP contribution < -0.4 is 5.32 Å². The molecule has 0 atom stereocenters. The summed E-state index contributed by atoms with van der Waals surface area (Å²) >= 11 is 0. The number of piperidine rings is 1. The lowest BCUT2D eigenvalue weighted by atomic mass is 9.97. The van der Waals surface area contributed by atoms with Crippen molar-refractivity contribution in [3.05, 3.63) is 12.0 Å². The van der Waals surface area contributed by atoms with Gasteiger partial charge in [0.2, 0.25) is 5.91 Å². The summed E-state index contributed by atoms with van der Waals surface area (Å²) in [5.74, 6) is -0.731. The minimum atomic E-state index is -0.260. The van der Waals surface area contributed by atoms with E-state index in [0.717, 1.165) is 12.8 Å². The molecule has 0 bridgehead atoms. The number of anilines is 1. The highest BCUT2D eigenvalue weighted by Gasteiger charge is 2.32. The van der Waals surface area contributed by atoms with Crippen LogP contribution in [-0.2, 0) is 14.3 Å². The van der Waals surface area contributed by atoms with E-state index in [1.165, 1.54) is 13.4 Å². The molecular weight excluding hydrogens is 302 g/mol. The number of carbonyl (C=O) groups is 3. The highest BCUT2D eigenvalue weighted by Crippen LogP contribution is 2.30. The van der Waals surface area contributed by atoms with Crippen molar-refractivity contribution in [1.82, 2.24) is 9.88 Å². The van der Waals surface area contributed by atoms with Gasteiger partial charge in [0.15, 0.2) is 5.69 Å². The van der Waals surface area contributed by atoms with E-state index in [0.29, 0.717) is 25.9 Å². The molecule has 0 radical (unpaired) electrons. The number of amides is 2. The molecule has 2 aliphatic rings. The molecule has 2 amide bonds. The highest BCUT2D eigenvalue weighted by atomic mass is 16.5. The fourth-order valence-corrected chi connectivity index (χ4v) is 2.63. The normalized spacial score (nSPS) is 18.6. The Balaban J connectivity index is 1.55. The molecule has 1 aromatic rings. The molecule has 0 aromatic carbocycles. The third-order valence-corrected chi connectivity index (χ3v) is 4.22. The molecule has 0 unspecified atom stereocenters. The van der Waals surface area contributed by atoms with Gasteiger partial charge in [0.25, 0.3) is 5.91 Å². The maximum absolute atomic E-state index is 12.4. The zero-order valence-corrected chi connectivity index (χ0v) is 12.9. The van der Waals surface area contributed by atoms with Gasteiger partial charge in [0, 0.05) is 19.0 Å². The van der Waals surface area contributed by atoms with E-state index in [9.17, 15) is 14.4 Å². The summed E-state index contributed by atoms with van der Waals surface area (Å²) in [6.45, 7) is 0.935. The molecule has 1 aromatic heterocycles. The van der Waals surface area contributed by atoms with E-state index in [-0.39, 0.29) is 41.3 Å². The van der Waals surface area contributed by atoms with Crippen LogP contribution in [0.3, 0.4) is 0 Å². The molecule has 1 saturated heterocycles. The van der Waals surface area contributed by atoms with Crippen LogP contribution in [0.5, 0.6) is 0 Å². The fourth-order valence-electron chi connectivity index (χ4n) is 2.63. The van der Waals surface area contributed by atoms with Crippen molar-refractivity contribution in [2.45, 2.75) is 25.7 Å². The van der Waals surface area contributed by atoms with Crippen LogP contribution in [0.4, 0.5) is 6.01 Å². The third-order valence-electron chi connectivity index (χ3n) is 4.22. The van der Waals surface area contributed by atoms with Crippen molar-refractivity contribution in [3.8, 4) is 0 Å². The Kier molecular flexibility index (Phi) is 4.31. The number of aromatic nitrogens is 1. The van der Waals surface area contributed by atoms with Crippen LogP contribution in [0.1, 0.15) is 36.2 Å². The second-order valence-corrected chi connectivity index (χ2v) is 5.89. The number of hydrogen-bond acceptors (Lipinski definition) is 6. The van der Waals surface area contributed by atoms with Crippen LogP contribution >= 0.6 is 0 Å². The average molecular weight is 321 g/mol. The van der Waals surface area contributed by atoms with Crippen LogP contribution in [0, 0.1) is 11.8 Å². The van der Waals surface area contributed by atoms with Crippen molar-refractivity contribution in [2.75, 3.05) is 25.5 Å². The van der Waals surface area contributed by atoms with Gasteiger partial charge in [-0.3, -0.25) is 19.7 Å². The first kappa shape index (κ1) is 15.5. The van der Waals surface area contributed by atoms with Gasteiger partial charge in [0.1, 0.15) is 6.26 Å². The Morgan fingerprint density at radius 1 is 1.22 bits per heavy atom. The Morgan fingerprint density at radius 2 is 1.91 bits per heavy atom. The standard InChI is InChI=1S/C15H19N3O5/c1-22-14(21)10-4-6-18(7-5-10)13(20)11-8-23-15(16-11)17-12(19)9-2-3-9/h8-10H,2-7H2,1H3,(H,16,17,19). The van der Waals surface area contributed by atoms with Crippen molar-refractivity contribution in [1.29, 1.82) is 0 Å². The third kappa shape index (κ3) is 3.52. The Hall–Kier alpha value is -2.38. The first-order valence-corrected chi connectivity index (χ1v) is 7.72. The molecule has 3 rings (SSSR count). The summed E-state index contributed by atoms with van der Waals surface area (Å²) < 4.78 is 9.86. The minimum absolute atomic E-state index is 0.0402. The second-order valence-electron chi connectivity index (χ2n) is 5.89. The molecule has 1 aliphatic heterocycles. The molecule has 1 saturated carbocycles. The Morgan fingerprint density at radius 3 is 2.52 bits per heavy atom. The number of rotatable bonds is 4. The first-order chi connectivity index (χ1) is 11.1. The van der Waals surface area contributed by atoms with E-state index in [1.54, 1.807) is 4.90 Å². The molecule has 2 fully saturated rings. The van der Waals surface area contributed by atoms with Crippen LogP contribution in [0.15, 0.2) is 10.7 Å². The molecule has 2 heterocycles. The number of oxazole rings is 1. The molecule has 1 aliphatic carbocycles. The molecular formula is C15H19N3O5. The largest absolute Gasteiger partial charge is 0.469 e. The summed E-state index contributed by atoms with van der Waals surface area (Å²) in [6.07, 6.45) is 4.15. The fraction of sp³-hybridized carbons (Fsp3) is 0.600. The van der Waals surface area contributed by atoms with Crippen molar-refractivity contribution in [2.24, 2.45) is 11.8 Å². The van der Waals surface area contributed by atoms with Crippen molar-refractivity contribution in [3.63, 3.8) is 0 Å². The molecule has 8 heteroatoms. The maximum atomic E-state index is 12.4. The Bertz CT molecular complexity index is 614. The molecule has 8 nitrogen and oxygen atoms in total. The highest BCUT2D eigenvalue weighted by molar-refractivity contribution is 5.95. The molecule has 1 N–H and O–H groups in total. The lowest BCUT2D eigenvalue weighted by molar-refractivity contribution is -0.146. The number of nitrogens with one attached hydrogen (secondary N) is 1. The zero-order chi connectivity index (χ0) is 16.4. The predicted molar refractivity (Wildman–Crippen MR) is 78.5 cm³/mol. The van der Waals surface area contributed by atoms with E-state index in [1.807, 2.05) is 0 Å². The van der Waals surface area contributed by atoms with E-state index >= 15 is 0 Å². The van der Waals surface area contributed by atoms with Gasteiger partial charge in [0.05, 0.1) is 13.0 Å². The quantitative estimate of drug-likeness (QED) is 0.832. The number of hydrogen-bond donors (Lipinski definition) is 1. The minimum Gasteiger partial charge on any atom is -0.469 e. The summed E-state index contributed by atoms with van der Waals surface area (Å²) in [7, 11) is 1.37. The van der Waals surface area contributed by atoms with Gasteiger partial charge in [-0.25, -0.2) is 0 Å². The number of carbonyl (C=O) groups excluding carboxylic acids is 3. The zero-order valence-electron chi connectivity index (χ0n) is 12.9. The van der Waals surface area contributed by atoms with Gasteiger partial charge in [-0.15, -0.1) is 0 Å². The lowest BCUT2D eigenvalue weighted by Gasteiger charge is -2.30. The number of esters is 1. The molecule has 0 spiro atoms. The van der Waals surface area contributed by atoms with Crippen LogP contribution in [0.2, 0.25) is 0 Å². The predicted octanol–water partition coefficient (Wildman–Crippen LogP) is 1.05.